The summed E-state index contributed by atoms with van der Waals surface area (Å²) in [4.78, 5) is 0. The van der Waals surface area contributed by atoms with E-state index in [-0.39, 0.29) is 5.38 Å². The first kappa shape index (κ1) is 11.7. The number of hydrogen-bond donors (Lipinski definition) is 0. The van der Waals surface area contributed by atoms with Crippen LogP contribution in [0.3, 0.4) is 0 Å². The van der Waals surface area contributed by atoms with Crippen LogP contribution in [0.2, 0.25) is 0 Å². The molecule has 0 bridgehead atoms. The molecule has 0 saturated heterocycles. The lowest BCUT2D eigenvalue weighted by molar-refractivity contribution is 0.564. The van der Waals surface area contributed by atoms with Gasteiger partial charge in [0, 0.05) is 10.0 Å². The van der Waals surface area contributed by atoms with Crippen molar-refractivity contribution in [1.29, 1.82) is 0 Å². The van der Waals surface area contributed by atoms with Crippen LogP contribution in [0.15, 0.2) is 39.6 Å². The Bertz CT molecular complexity index is 491. The molecule has 1 heterocycles. The van der Waals surface area contributed by atoms with Crippen LogP contribution in [0.4, 0.5) is 0 Å². The third-order valence-electron chi connectivity index (χ3n) is 2.66. The summed E-state index contributed by atoms with van der Waals surface area (Å²) < 4.78 is 6.17. The summed E-state index contributed by atoms with van der Waals surface area (Å²) in [5.74, 6) is 0. The summed E-state index contributed by atoms with van der Waals surface area (Å²) in [7, 11) is 0. The van der Waals surface area contributed by atoms with Gasteiger partial charge in [-0.1, -0.05) is 22.0 Å². The fraction of sp³-hybridized carbons (Fsp3) is 0.231. The van der Waals surface area contributed by atoms with E-state index < -0.39 is 0 Å². The molecule has 1 aromatic carbocycles. The van der Waals surface area contributed by atoms with Crippen molar-refractivity contribution in [3.63, 3.8) is 0 Å². The number of furan rings is 1. The third kappa shape index (κ3) is 2.18. The van der Waals surface area contributed by atoms with Crippen LogP contribution in [0.5, 0.6) is 0 Å². The molecule has 1 aromatic heterocycles. The molecule has 0 aliphatic rings. The Morgan fingerprint density at radius 1 is 1.25 bits per heavy atom. The number of alkyl halides is 1. The largest absolute Gasteiger partial charge is 0.472 e. The molecule has 3 heteroatoms. The molecule has 16 heavy (non-hydrogen) atoms. The zero-order valence-electron chi connectivity index (χ0n) is 9.13. The van der Waals surface area contributed by atoms with Gasteiger partial charge in [-0.25, -0.2) is 0 Å². The van der Waals surface area contributed by atoms with Gasteiger partial charge in [-0.3, -0.25) is 0 Å². The summed E-state index contributed by atoms with van der Waals surface area (Å²) in [6.07, 6.45) is 3.33. The van der Waals surface area contributed by atoms with Crippen LogP contribution in [-0.4, -0.2) is 0 Å². The quantitative estimate of drug-likeness (QED) is 0.712. The van der Waals surface area contributed by atoms with Crippen molar-refractivity contribution in [3.05, 3.63) is 57.5 Å². The van der Waals surface area contributed by atoms with Crippen LogP contribution in [0.25, 0.3) is 0 Å². The average Bonchev–Trinajstić information content (AvgIpc) is 2.75. The molecule has 1 unspecified atom stereocenters. The summed E-state index contributed by atoms with van der Waals surface area (Å²) in [6.45, 7) is 4.13. The molecule has 0 radical (unpaired) electrons. The summed E-state index contributed by atoms with van der Waals surface area (Å²) >= 11 is 9.94. The van der Waals surface area contributed by atoms with Gasteiger partial charge in [0.2, 0.25) is 0 Å². The molecule has 84 valence electrons. The van der Waals surface area contributed by atoms with E-state index in [2.05, 4.69) is 41.9 Å². The molecule has 0 spiro atoms. The highest BCUT2D eigenvalue weighted by molar-refractivity contribution is 9.10. The van der Waals surface area contributed by atoms with Crippen molar-refractivity contribution in [2.45, 2.75) is 19.2 Å². The maximum absolute atomic E-state index is 6.43. The van der Waals surface area contributed by atoms with Crippen LogP contribution >= 0.6 is 27.5 Å². The topological polar surface area (TPSA) is 13.1 Å². The number of hydrogen-bond acceptors (Lipinski definition) is 1. The van der Waals surface area contributed by atoms with Gasteiger partial charge in [0.25, 0.3) is 0 Å². The SMILES string of the molecule is Cc1cc(C(Cl)c2ccoc2)c(C)cc1Br. The Balaban J connectivity index is 2.44. The predicted molar refractivity (Wildman–Crippen MR) is 70.0 cm³/mol. The summed E-state index contributed by atoms with van der Waals surface area (Å²) in [6, 6.07) is 6.11. The lowest BCUT2D eigenvalue weighted by Crippen LogP contribution is -1.96. The van der Waals surface area contributed by atoms with E-state index in [1.54, 1.807) is 12.5 Å². The minimum absolute atomic E-state index is 0.148. The van der Waals surface area contributed by atoms with Gasteiger partial charge in [0.15, 0.2) is 0 Å². The highest BCUT2D eigenvalue weighted by Gasteiger charge is 2.15. The van der Waals surface area contributed by atoms with Crippen molar-refractivity contribution in [3.8, 4) is 0 Å². The molecule has 2 aromatic rings. The van der Waals surface area contributed by atoms with Crippen molar-refractivity contribution < 1.29 is 4.42 Å². The Labute approximate surface area is 109 Å². The van der Waals surface area contributed by atoms with E-state index >= 15 is 0 Å². The molecule has 2 rings (SSSR count). The second-order valence-electron chi connectivity index (χ2n) is 3.88. The first-order valence-electron chi connectivity index (χ1n) is 5.02. The average molecular weight is 300 g/mol. The first-order chi connectivity index (χ1) is 7.59. The van der Waals surface area contributed by atoms with Gasteiger partial charge >= 0.3 is 0 Å². The van der Waals surface area contributed by atoms with E-state index in [1.165, 1.54) is 11.1 Å². The van der Waals surface area contributed by atoms with Crippen LogP contribution < -0.4 is 0 Å². The van der Waals surface area contributed by atoms with E-state index in [0.29, 0.717) is 0 Å². The first-order valence-corrected chi connectivity index (χ1v) is 6.25. The number of benzene rings is 1. The van der Waals surface area contributed by atoms with E-state index in [4.69, 9.17) is 16.0 Å². The lowest BCUT2D eigenvalue weighted by Gasteiger charge is -2.13. The number of aryl methyl sites for hydroxylation is 2. The molecule has 1 atom stereocenters. The highest BCUT2D eigenvalue weighted by Crippen LogP contribution is 2.33. The Kier molecular flexibility index (Phi) is 3.41. The number of halogens is 2. The van der Waals surface area contributed by atoms with Gasteiger partial charge in [0.05, 0.1) is 17.9 Å². The zero-order valence-corrected chi connectivity index (χ0v) is 11.5. The molecule has 0 amide bonds. The monoisotopic (exact) mass is 298 g/mol. The van der Waals surface area contributed by atoms with Crippen LogP contribution in [0.1, 0.15) is 27.6 Å². The maximum atomic E-state index is 6.43. The van der Waals surface area contributed by atoms with Crippen molar-refractivity contribution in [2.75, 3.05) is 0 Å². The molecular formula is C13H12BrClO. The van der Waals surface area contributed by atoms with Crippen LogP contribution in [0, 0.1) is 13.8 Å². The van der Waals surface area contributed by atoms with E-state index in [9.17, 15) is 0 Å². The Morgan fingerprint density at radius 2 is 2.00 bits per heavy atom. The van der Waals surface area contributed by atoms with Gasteiger partial charge in [-0.05, 0) is 42.7 Å². The zero-order chi connectivity index (χ0) is 11.7. The fourth-order valence-electron chi connectivity index (χ4n) is 1.68. The maximum Gasteiger partial charge on any atom is 0.0952 e. The lowest BCUT2D eigenvalue weighted by atomic mass is 10.00. The summed E-state index contributed by atoms with van der Waals surface area (Å²) in [5, 5.41) is -0.148. The Morgan fingerprint density at radius 3 is 2.62 bits per heavy atom. The molecule has 0 fully saturated rings. The second kappa shape index (κ2) is 4.64. The van der Waals surface area contributed by atoms with Gasteiger partial charge < -0.3 is 4.42 Å². The molecule has 0 aliphatic carbocycles. The van der Waals surface area contributed by atoms with E-state index in [1.807, 2.05) is 6.07 Å². The van der Waals surface area contributed by atoms with Gasteiger partial charge in [-0.15, -0.1) is 11.6 Å². The predicted octanol–water partition coefficient (Wildman–Crippen LogP) is 4.99. The molecule has 0 N–H and O–H groups in total. The molecule has 1 nitrogen and oxygen atoms in total. The minimum Gasteiger partial charge on any atom is -0.472 e. The molecule has 0 aliphatic heterocycles. The Hall–Kier alpha value is -0.730. The van der Waals surface area contributed by atoms with Gasteiger partial charge in [-0.2, -0.15) is 0 Å². The van der Waals surface area contributed by atoms with Crippen molar-refractivity contribution >= 4 is 27.5 Å². The highest BCUT2D eigenvalue weighted by atomic mass is 79.9. The minimum atomic E-state index is -0.148. The second-order valence-corrected chi connectivity index (χ2v) is 5.17. The third-order valence-corrected chi connectivity index (χ3v) is 4.00. The summed E-state index contributed by atoms with van der Waals surface area (Å²) in [5.41, 5.74) is 4.49. The van der Waals surface area contributed by atoms with Crippen LogP contribution in [-0.2, 0) is 0 Å². The molecular weight excluding hydrogens is 287 g/mol. The number of rotatable bonds is 2. The smallest absolute Gasteiger partial charge is 0.0952 e. The fourth-order valence-corrected chi connectivity index (χ4v) is 2.49. The molecule has 0 saturated carbocycles. The van der Waals surface area contributed by atoms with Crippen molar-refractivity contribution in [2.24, 2.45) is 0 Å². The van der Waals surface area contributed by atoms with Crippen molar-refractivity contribution in [1.82, 2.24) is 0 Å². The normalized spacial score (nSPS) is 12.8. The standard InChI is InChI=1S/C13H12BrClO/c1-8-6-12(14)9(2)5-11(8)13(15)10-3-4-16-7-10/h3-7,13H,1-2H3. The van der Waals surface area contributed by atoms with E-state index in [0.717, 1.165) is 15.6 Å². The van der Waals surface area contributed by atoms with Gasteiger partial charge in [0.1, 0.15) is 0 Å².